The van der Waals surface area contributed by atoms with E-state index in [9.17, 15) is 4.79 Å². The molecule has 0 bridgehead atoms. The van der Waals surface area contributed by atoms with Crippen LogP contribution >= 0.6 is 11.6 Å². The van der Waals surface area contributed by atoms with E-state index in [0.29, 0.717) is 22.9 Å². The maximum absolute atomic E-state index is 12.7. The Labute approximate surface area is 188 Å². The number of carbonyl (C=O) groups is 1. The summed E-state index contributed by atoms with van der Waals surface area (Å²) in [4.78, 5) is 19.0. The largest absolute Gasteiger partial charge is 0.365 e. The molecular formula is C24H28ClN5O. The number of amides is 1. The molecule has 0 saturated carbocycles. The number of anilines is 1. The third kappa shape index (κ3) is 5.25. The zero-order valence-electron chi connectivity index (χ0n) is 18.1. The highest BCUT2D eigenvalue weighted by molar-refractivity contribution is 6.33. The number of rotatable bonds is 6. The predicted molar refractivity (Wildman–Crippen MR) is 124 cm³/mol. The fourth-order valence-corrected chi connectivity index (χ4v) is 4.23. The maximum Gasteiger partial charge on any atom is 0.255 e. The second-order valence-corrected chi connectivity index (χ2v) is 8.57. The highest BCUT2D eigenvalue weighted by Gasteiger charge is 2.19. The molecule has 4 rings (SSSR count). The number of carbonyl (C=O) groups excluding carboxylic acids is 1. The average Bonchev–Trinajstić information content (AvgIpc) is 3.09. The van der Waals surface area contributed by atoms with Crippen molar-refractivity contribution in [2.75, 3.05) is 18.4 Å². The van der Waals surface area contributed by atoms with Crippen molar-refractivity contribution in [3.8, 4) is 0 Å². The maximum atomic E-state index is 12.7. The Morgan fingerprint density at radius 1 is 1.10 bits per heavy atom. The van der Waals surface area contributed by atoms with E-state index in [1.165, 1.54) is 12.0 Å². The number of nitrogens with one attached hydrogen (secondary N) is 1. The molecule has 2 aromatic heterocycles. The molecule has 7 heteroatoms. The number of nitrogens with zero attached hydrogens (tertiary/aromatic N) is 4. The Morgan fingerprint density at radius 3 is 2.58 bits per heavy atom. The van der Waals surface area contributed by atoms with E-state index in [4.69, 9.17) is 11.6 Å². The average molecular weight is 438 g/mol. The van der Waals surface area contributed by atoms with Crippen molar-refractivity contribution in [3.05, 3.63) is 75.7 Å². The SMILES string of the molecule is Cc1cc(C)n(Cc2cccc(CNc3ncc(C(=O)N4CCCCC4)cc3Cl)c2)n1. The van der Waals surface area contributed by atoms with E-state index in [1.807, 2.05) is 22.6 Å². The van der Waals surface area contributed by atoms with Gasteiger partial charge in [-0.15, -0.1) is 0 Å². The number of hydrogen-bond donors (Lipinski definition) is 1. The van der Waals surface area contributed by atoms with E-state index in [0.717, 1.165) is 49.4 Å². The van der Waals surface area contributed by atoms with Gasteiger partial charge in [0.1, 0.15) is 5.82 Å². The number of aromatic nitrogens is 3. The summed E-state index contributed by atoms with van der Waals surface area (Å²) in [6.07, 6.45) is 4.93. The summed E-state index contributed by atoms with van der Waals surface area (Å²) in [5.74, 6) is 0.596. The molecular weight excluding hydrogens is 410 g/mol. The molecule has 0 atom stereocenters. The topological polar surface area (TPSA) is 63.1 Å². The molecule has 0 spiro atoms. The fourth-order valence-electron chi connectivity index (χ4n) is 4.00. The van der Waals surface area contributed by atoms with Crippen LogP contribution in [0.1, 0.15) is 52.1 Å². The summed E-state index contributed by atoms with van der Waals surface area (Å²) in [7, 11) is 0. The van der Waals surface area contributed by atoms with Gasteiger partial charge in [0, 0.05) is 31.5 Å². The van der Waals surface area contributed by atoms with E-state index in [1.54, 1.807) is 12.3 Å². The zero-order valence-corrected chi connectivity index (χ0v) is 18.8. The summed E-state index contributed by atoms with van der Waals surface area (Å²) in [5, 5.41) is 8.29. The third-order valence-electron chi connectivity index (χ3n) is 5.62. The fraction of sp³-hybridized carbons (Fsp3) is 0.375. The molecule has 0 radical (unpaired) electrons. The van der Waals surface area contributed by atoms with Gasteiger partial charge in [0.15, 0.2) is 0 Å². The van der Waals surface area contributed by atoms with Crippen molar-refractivity contribution in [3.63, 3.8) is 0 Å². The standard InChI is InChI=1S/C24H28ClN5O/c1-17-11-18(2)30(28-17)16-20-8-6-7-19(12-20)14-26-23-22(25)13-21(15-27-23)24(31)29-9-4-3-5-10-29/h6-8,11-13,15H,3-5,9-10,14,16H2,1-2H3,(H,26,27). The van der Waals surface area contributed by atoms with Crippen LogP contribution in [0.25, 0.3) is 0 Å². The van der Waals surface area contributed by atoms with Gasteiger partial charge in [-0.05, 0) is 56.4 Å². The Kier molecular flexibility index (Phi) is 6.56. The molecule has 1 amide bonds. The first-order valence-electron chi connectivity index (χ1n) is 10.8. The third-order valence-corrected chi connectivity index (χ3v) is 5.91. The van der Waals surface area contributed by atoms with Crippen LogP contribution < -0.4 is 5.32 Å². The normalized spacial score (nSPS) is 14.0. The predicted octanol–water partition coefficient (Wildman–Crippen LogP) is 4.83. The van der Waals surface area contributed by atoms with Crippen LogP contribution in [-0.4, -0.2) is 38.7 Å². The monoisotopic (exact) mass is 437 g/mol. The second-order valence-electron chi connectivity index (χ2n) is 8.17. The van der Waals surface area contributed by atoms with Crippen LogP contribution in [0.4, 0.5) is 5.82 Å². The molecule has 1 aliphatic rings. The first kappa shape index (κ1) is 21.4. The zero-order chi connectivity index (χ0) is 21.8. The molecule has 1 fully saturated rings. The number of hydrogen-bond acceptors (Lipinski definition) is 4. The van der Waals surface area contributed by atoms with Crippen LogP contribution in [0.3, 0.4) is 0 Å². The summed E-state index contributed by atoms with van der Waals surface area (Å²) in [6.45, 7) is 7.02. The summed E-state index contributed by atoms with van der Waals surface area (Å²) < 4.78 is 2.01. The molecule has 31 heavy (non-hydrogen) atoms. The van der Waals surface area contributed by atoms with Gasteiger partial charge in [0.25, 0.3) is 5.91 Å². The van der Waals surface area contributed by atoms with Crippen molar-refractivity contribution in [1.29, 1.82) is 0 Å². The summed E-state index contributed by atoms with van der Waals surface area (Å²) >= 11 is 6.43. The Morgan fingerprint density at radius 2 is 1.87 bits per heavy atom. The van der Waals surface area contributed by atoms with Crippen LogP contribution in [0.15, 0.2) is 42.6 Å². The lowest BCUT2D eigenvalue weighted by Gasteiger charge is -2.26. The molecule has 162 valence electrons. The van der Waals surface area contributed by atoms with Crippen molar-refractivity contribution in [1.82, 2.24) is 19.7 Å². The van der Waals surface area contributed by atoms with E-state index >= 15 is 0 Å². The highest BCUT2D eigenvalue weighted by atomic mass is 35.5. The molecule has 6 nitrogen and oxygen atoms in total. The quantitative estimate of drug-likeness (QED) is 0.599. The number of piperidine rings is 1. The van der Waals surface area contributed by atoms with Crippen LogP contribution in [0.5, 0.6) is 0 Å². The molecule has 3 aromatic rings. The van der Waals surface area contributed by atoms with Gasteiger partial charge in [-0.3, -0.25) is 9.48 Å². The van der Waals surface area contributed by atoms with Crippen LogP contribution in [-0.2, 0) is 13.1 Å². The minimum atomic E-state index is 0.0116. The lowest BCUT2D eigenvalue weighted by molar-refractivity contribution is 0.0724. The second kappa shape index (κ2) is 9.52. The van der Waals surface area contributed by atoms with E-state index in [-0.39, 0.29) is 5.91 Å². The number of benzene rings is 1. The molecule has 3 heterocycles. The van der Waals surface area contributed by atoms with Gasteiger partial charge in [-0.1, -0.05) is 35.9 Å². The number of halogens is 1. The lowest BCUT2D eigenvalue weighted by atomic mass is 10.1. The first-order valence-corrected chi connectivity index (χ1v) is 11.1. The van der Waals surface area contributed by atoms with Gasteiger partial charge in [-0.2, -0.15) is 5.10 Å². The minimum Gasteiger partial charge on any atom is -0.365 e. The van der Waals surface area contributed by atoms with Crippen LogP contribution in [0.2, 0.25) is 5.02 Å². The Balaban J connectivity index is 1.40. The van der Waals surface area contributed by atoms with Crippen LogP contribution in [0, 0.1) is 13.8 Å². The van der Waals surface area contributed by atoms with Gasteiger partial charge >= 0.3 is 0 Å². The van der Waals surface area contributed by atoms with Crippen molar-refractivity contribution < 1.29 is 4.79 Å². The summed E-state index contributed by atoms with van der Waals surface area (Å²) in [6, 6.07) is 12.2. The van der Waals surface area contributed by atoms with Gasteiger partial charge in [-0.25, -0.2) is 4.98 Å². The van der Waals surface area contributed by atoms with E-state index in [2.05, 4.69) is 46.6 Å². The lowest BCUT2D eigenvalue weighted by Crippen LogP contribution is -2.35. The molecule has 1 aliphatic heterocycles. The van der Waals surface area contributed by atoms with Gasteiger partial charge < -0.3 is 10.2 Å². The highest BCUT2D eigenvalue weighted by Crippen LogP contribution is 2.23. The molecule has 1 N–H and O–H groups in total. The number of likely N-dealkylation sites (tertiary alicyclic amines) is 1. The Bertz CT molecular complexity index is 1070. The molecule has 1 aromatic carbocycles. The molecule has 1 saturated heterocycles. The van der Waals surface area contributed by atoms with Crippen molar-refractivity contribution in [2.24, 2.45) is 0 Å². The minimum absolute atomic E-state index is 0.0116. The summed E-state index contributed by atoms with van der Waals surface area (Å²) in [5.41, 5.74) is 5.04. The van der Waals surface area contributed by atoms with Crippen molar-refractivity contribution in [2.45, 2.75) is 46.2 Å². The molecule has 0 aliphatic carbocycles. The van der Waals surface area contributed by atoms with E-state index < -0.39 is 0 Å². The van der Waals surface area contributed by atoms with Crippen molar-refractivity contribution >= 4 is 23.3 Å². The Hall–Kier alpha value is -2.86. The number of aryl methyl sites for hydroxylation is 2. The molecule has 0 unspecified atom stereocenters. The smallest absolute Gasteiger partial charge is 0.255 e. The number of pyridine rings is 1. The van der Waals surface area contributed by atoms with Gasteiger partial charge in [0.2, 0.25) is 0 Å². The van der Waals surface area contributed by atoms with Gasteiger partial charge in [0.05, 0.1) is 22.8 Å². The first-order chi connectivity index (χ1) is 15.0.